The maximum Gasteiger partial charge on any atom is 0.224 e. The van der Waals surface area contributed by atoms with E-state index in [4.69, 9.17) is 11.6 Å². The second-order valence-electron chi connectivity index (χ2n) is 5.40. The molecule has 110 valence electrons. The zero-order valence-corrected chi connectivity index (χ0v) is 13.0. The van der Waals surface area contributed by atoms with Gasteiger partial charge >= 0.3 is 0 Å². The number of rotatable bonds is 5. The van der Waals surface area contributed by atoms with Crippen LogP contribution < -0.4 is 10.6 Å². The third-order valence-electron chi connectivity index (χ3n) is 3.51. The highest BCUT2D eigenvalue weighted by Gasteiger charge is 2.26. The van der Waals surface area contributed by atoms with Crippen LogP contribution in [0.2, 0.25) is 5.02 Å². The Bertz CT molecular complexity index is 653. The van der Waals surface area contributed by atoms with Gasteiger partial charge in [-0.1, -0.05) is 11.6 Å². The molecule has 4 nitrogen and oxygen atoms in total. The second kappa shape index (κ2) is 5.90. The normalized spacial score (nSPS) is 14.0. The molecule has 1 fully saturated rings. The number of nitrogens with one attached hydrogen (secondary N) is 2. The second-order valence-corrected chi connectivity index (χ2v) is 5.80. The van der Waals surface area contributed by atoms with E-state index in [0.29, 0.717) is 11.9 Å². The first kappa shape index (κ1) is 14.1. The molecule has 1 heterocycles. The molecule has 0 aliphatic heterocycles. The molecule has 1 aliphatic rings. The number of aryl methyl sites for hydroxylation is 1. The summed E-state index contributed by atoms with van der Waals surface area (Å²) in [6.07, 6.45) is 2.45. The third kappa shape index (κ3) is 3.45. The van der Waals surface area contributed by atoms with E-state index in [-0.39, 0.29) is 0 Å². The molecule has 0 amide bonds. The average Bonchev–Trinajstić information content (AvgIpc) is 3.28. The van der Waals surface area contributed by atoms with Gasteiger partial charge in [0.25, 0.3) is 0 Å². The zero-order chi connectivity index (χ0) is 14.8. The zero-order valence-electron chi connectivity index (χ0n) is 12.3. The Kier molecular flexibility index (Phi) is 3.97. The smallest absolute Gasteiger partial charge is 0.224 e. The molecule has 0 bridgehead atoms. The van der Waals surface area contributed by atoms with Gasteiger partial charge in [0.1, 0.15) is 5.82 Å². The topological polar surface area (TPSA) is 49.8 Å². The van der Waals surface area contributed by atoms with Crippen molar-refractivity contribution in [1.82, 2.24) is 9.97 Å². The molecular formula is C16H19ClN4. The highest BCUT2D eigenvalue weighted by Crippen LogP contribution is 2.40. The van der Waals surface area contributed by atoms with Crippen LogP contribution in [0.1, 0.15) is 36.9 Å². The molecule has 5 heteroatoms. The summed E-state index contributed by atoms with van der Waals surface area (Å²) in [5.41, 5.74) is 3.15. The van der Waals surface area contributed by atoms with E-state index in [9.17, 15) is 0 Å². The quantitative estimate of drug-likeness (QED) is 0.854. The highest BCUT2D eigenvalue weighted by atomic mass is 35.5. The summed E-state index contributed by atoms with van der Waals surface area (Å²) in [5, 5.41) is 7.31. The van der Waals surface area contributed by atoms with Crippen molar-refractivity contribution in [2.24, 2.45) is 0 Å². The van der Waals surface area contributed by atoms with Crippen LogP contribution in [-0.2, 0) is 0 Å². The molecule has 21 heavy (non-hydrogen) atoms. The van der Waals surface area contributed by atoms with Crippen molar-refractivity contribution in [2.45, 2.75) is 32.6 Å². The number of aromatic nitrogens is 2. The van der Waals surface area contributed by atoms with Gasteiger partial charge in [-0.15, -0.1) is 0 Å². The molecular weight excluding hydrogens is 284 g/mol. The molecule has 2 aromatic rings. The van der Waals surface area contributed by atoms with E-state index >= 15 is 0 Å². The summed E-state index contributed by atoms with van der Waals surface area (Å²) in [7, 11) is 0. The van der Waals surface area contributed by atoms with Gasteiger partial charge in [-0.05, 0) is 50.5 Å². The Balaban J connectivity index is 1.87. The first-order chi connectivity index (χ1) is 10.2. The Morgan fingerprint density at radius 3 is 2.71 bits per heavy atom. The van der Waals surface area contributed by atoms with Crippen molar-refractivity contribution in [3.05, 3.63) is 40.5 Å². The van der Waals surface area contributed by atoms with Crippen molar-refractivity contribution in [3.63, 3.8) is 0 Å². The maximum absolute atomic E-state index is 6.06. The van der Waals surface area contributed by atoms with Crippen LogP contribution in [0.25, 0.3) is 0 Å². The highest BCUT2D eigenvalue weighted by molar-refractivity contribution is 6.31. The average molecular weight is 303 g/mol. The van der Waals surface area contributed by atoms with Crippen LogP contribution in [0.5, 0.6) is 0 Å². The Morgan fingerprint density at radius 2 is 2.05 bits per heavy atom. The first-order valence-corrected chi connectivity index (χ1v) is 7.69. The minimum absolute atomic E-state index is 0.595. The van der Waals surface area contributed by atoms with Crippen molar-refractivity contribution >= 4 is 29.1 Å². The Morgan fingerprint density at radius 1 is 1.24 bits per heavy atom. The number of hydrogen-bond acceptors (Lipinski definition) is 4. The van der Waals surface area contributed by atoms with E-state index in [0.717, 1.165) is 34.3 Å². The molecule has 1 aromatic heterocycles. The Hall–Kier alpha value is -1.81. The summed E-state index contributed by atoms with van der Waals surface area (Å²) in [5.74, 6) is 2.11. The van der Waals surface area contributed by atoms with Gasteiger partial charge in [0.15, 0.2) is 0 Å². The van der Waals surface area contributed by atoms with E-state index in [1.54, 1.807) is 0 Å². The van der Waals surface area contributed by atoms with E-state index in [1.165, 1.54) is 12.8 Å². The van der Waals surface area contributed by atoms with E-state index < -0.39 is 0 Å². The number of halogens is 1. The predicted molar refractivity (Wildman–Crippen MR) is 87.6 cm³/mol. The fourth-order valence-corrected chi connectivity index (χ4v) is 2.34. The minimum atomic E-state index is 0.595. The fraction of sp³-hybridized carbons (Fsp3) is 0.375. The monoisotopic (exact) mass is 302 g/mol. The third-order valence-corrected chi connectivity index (χ3v) is 3.93. The molecule has 0 unspecified atom stereocenters. The van der Waals surface area contributed by atoms with Gasteiger partial charge in [-0.25, -0.2) is 4.98 Å². The van der Waals surface area contributed by atoms with Crippen LogP contribution in [-0.4, -0.2) is 16.5 Å². The molecule has 3 rings (SSSR count). The SMILES string of the molecule is CCNc1nc(Nc2ccc(Cl)c(C)c2)cc(C2CC2)n1. The first-order valence-electron chi connectivity index (χ1n) is 7.31. The van der Waals surface area contributed by atoms with Crippen LogP contribution in [0.4, 0.5) is 17.5 Å². The van der Waals surface area contributed by atoms with Crippen LogP contribution in [0, 0.1) is 6.92 Å². The summed E-state index contributed by atoms with van der Waals surface area (Å²) in [4.78, 5) is 9.09. The predicted octanol–water partition coefficient (Wildman–Crippen LogP) is 4.49. The minimum Gasteiger partial charge on any atom is -0.354 e. The Labute approximate surface area is 130 Å². The van der Waals surface area contributed by atoms with Crippen LogP contribution in [0.15, 0.2) is 24.3 Å². The number of nitrogens with zero attached hydrogens (tertiary/aromatic N) is 2. The molecule has 2 N–H and O–H groups in total. The molecule has 0 radical (unpaired) electrons. The van der Waals surface area contributed by atoms with Crippen molar-refractivity contribution in [1.29, 1.82) is 0 Å². The molecule has 1 aromatic carbocycles. The van der Waals surface area contributed by atoms with Crippen LogP contribution in [0.3, 0.4) is 0 Å². The molecule has 0 spiro atoms. The van der Waals surface area contributed by atoms with Gasteiger partial charge in [0.2, 0.25) is 5.95 Å². The lowest BCUT2D eigenvalue weighted by atomic mass is 10.2. The standard InChI is InChI=1S/C16H19ClN4/c1-3-18-16-20-14(11-4-5-11)9-15(21-16)19-12-6-7-13(17)10(2)8-12/h6-9,11H,3-5H2,1-2H3,(H2,18,19,20,21). The lowest BCUT2D eigenvalue weighted by molar-refractivity contribution is 0.978. The molecule has 1 saturated carbocycles. The lowest BCUT2D eigenvalue weighted by Gasteiger charge is -2.11. The maximum atomic E-state index is 6.06. The fourth-order valence-electron chi connectivity index (χ4n) is 2.23. The summed E-state index contributed by atoms with van der Waals surface area (Å²) in [6, 6.07) is 7.92. The van der Waals surface area contributed by atoms with Crippen molar-refractivity contribution in [2.75, 3.05) is 17.2 Å². The number of benzene rings is 1. The van der Waals surface area contributed by atoms with Gasteiger partial charge < -0.3 is 10.6 Å². The number of hydrogen-bond donors (Lipinski definition) is 2. The van der Waals surface area contributed by atoms with E-state index in [1.807, 2.05) is 38.1 Å². The summed E-state index contributed by atoms with van der Waals surface area (Å²) in [6.45, 7) is 4.85. The van der Waals surface area contributed by atoms with Crippen molar-refractivity contribution in [3.8, 4) is 0 Å². The van der Waals surface area contributed by atoms with Gasteiger partial charge in [0.05, 0.1) is 5.69 Å². The molecule has 1 aliphatic carbocycles. The van der Waals surface area contributed by atoms with Gasteiger partial charge in [-0.2, -0.15) is 4.98 Å². The van der Waals surface area contributed by atoms with E-state index in [2.05, 4.69) is 20.6 Å². The van der Waals surface area contributed by atoms with Crippen molar-refractivity contribution < 1.29 is 0 Å². The largest absolute Gasteiger partial charge is 0.354 e. The van der Waals surface area contributed by atoms with Gasteiger partial charge in [0, 0.05) is 29.2 Å². The summed E-state index contributed by atoms with van der Waals surface area (Å²) >= 11 is 6.06. The molecule has 0 atom stereocenters. The lowest BCUT2D eigenvalue weighted by Crippen LogP contribution is -2.06. The van der Waals surface area contributed by atoms with Crippen LogP contribution >= 0.6 is 11.6 Å². The number of anilines is 3. The van der Waals surface area contributed by atoms with Gasteiger partial charge in [-0.3, -0.25) is 0 Å². The summed E-state index contributed by atoms with van der Waals surface area (Å²) < 4.78 is 0. The molecule has 0 saturated heterocycles.